The second-order valence-corrected chi connectivity index (χ2v) is 5.14. The van der Waals surface area contributed by atoms with Gasteiger partial charge >= 0.3 is 0 Å². The summed E-state index contributed by atoms with van der Waals surface area (Å²) in [5.74, 6) is -0.333. The summed E-state index contributed by atoms with van der Waals surface area (Å²) in [5, 5.41) is 5.81. The smallest absolute Gasteiger partial charge is 0.250 e. The maximum Gasteiger partial charge on any atom is 0.250 e. The van der Waals surface area contributed by atoms with Crippen LogP contribution in [-0.4, -0.2) is 24.4 Å². The number of hydrogen-bond acceptors (Lipinski definition) is 4. The van der Waals surface area contributed by atoms with Crippen molar-refractivity contribution in [3.05, 3.63) is 23.8 Å². The van der Waals surface area contributed by atoms with E-state index in [2.05, 4.69) is 10.6 Å². The predicted octanol–water partition coefficient (Wildman–Crippen LogP) is 0.940. The highest BCUT2D eigenvalue weighted by Gasteiger charge is 2.15. The average Bonchev–Trinajstić information content (AvgIpc) is 2.37. The molecule has 6 N–H and O–H groups in total. The molecule has 1 aromatic carbocycles. The van der Waals surface area contributed by atoms with Crippen molar-refractivity contribution < 1.29 is 9.59 Å². The first kappa shape index (κ1) is 15.8. The minimum atomic E-state index is -0.594. The van der Waals surface area contributed by atoms with E-state index in [9.17, 15) is 9.59 Å². The second-order valence-electron chi connectivity index (χ2n) is 5.14. The molecular formula is C14H22N4O2. The van der Waals surface area contributed by atoms with Gasteiger partial charge in [-0.1, -0.05) is 19.9 Å². The topological polar surface area (TPSA) is 110 Å². The number of nitrogens with one attached hydrogen (secondary N) is 2. The van der Waals surface area contributed by atoms with Gasteiger partial charge in [0.2, 0.25) is 5.91 Å². The van der Waals surface area contributed by atoms with Crippen LogP contribution in [0.15, 0.2) is 18.2 Å². The molecule has 0 aliphatic carbocycles. The number of carbonyl (C=O) groups is 2. The molecule has 0 saturated heterocycles. The lowest BCUT2D eigenvalue weighted by molar-refractivity contribution is -0.121. The van der Waals surface area contributed by atoms with E-state index in [1.165, 1.54) is 0 Å². The fourth-order valence-electron chi connectivity index (χ4n) is 1.66. The first-order chi connectivity index (χ1) is 9.32. The minimum Gasteiger partial charge on any atom is -0.396 e. The highest BCUT2D eigenvalue weighted by molar-refractivity contribution is 6.01. The number of nitrogens with two attached hydrogens (primary N) is 2. The van der Waals surface area contributed by atoms with Crippen LogP contribution in [0.3, 0.4) is 0 Å². The first-order valence-corrected chi connectivity index (χ1v) is 6.55. The Kier molecular flexibility index (Phi) is 5.37. The van der Waals surface area contributed by atoms with Crippen LogP contribution in [-0.2, 0) is 4.79 Å². The van der Waals surface area contributed by atoms with Gasteiger partial charge < -0.3 is 22.1 Å². The van der Waals surface area contributed by atoms with Gasteiger partial charge in [-0.3, -0.25) is 9.59 Å². The van der Waals surface area contributed by atoms with Crippen molar-refractivity contribution in [2.75, 3.05) is 17.6 Å². The number of carbonyl (C=O) groups excluding carboxylic acids is 2. The van der Waals surface area contributed by atoms with Crippen molar-refractivity contribution in [3.63, 3.8) is 0 Å². The Morgan fingerprint density at radius 1 is 1.25 bits per heavy atom. The van der Waals surface area contributed by atoms with Crippen molar-refractivity contribution in [2.24, 2.45) is 11.7 Å². The Morgan fingerprint density at radius 3 is 2.45 bits per heavy atom. The minimum absolute atomic E-state index is 0.123. The van der Waals surface area contributed by atoms with Crippen molar-refractivity contribution >= 4 is 23.2 Å². The molecule has 6 nitrogen and oxygen atoms in total. The molecule has 0 heterocycles. The zero-order valence-electron chi connectivity index (χ0n) is 12.1. The molecule has 1 rings (SSSR count). The van der Waals surface area contributed by atoms with E-state index in [0.29, 0.717) is 18.2 Å². The third-order valence-electron chi connectivity index (χ3n) is 2.82. The standard InChI is InChI=1S/C14H22N4O2/c1-8(2)7-17-14(20)9(3)18-11-6-4-5-10(12(11)15)13(16)19/h4-6,8-9,18H,7,15H2,1-3H3,(H2,16,19)(H,17,20). The Bertz CT molecular complexity index is 500. The number of rotatable bonds is 6. The van der Waals surface area contributed by atoms with Gasteiger partial charge in [-0.2, -0.15) is 0 Å². The van der Waals surface area contributed by atoms with Crippen LogP contribution in [0.25, 0.3) is 0 Å². The summed E-state index contributed by atoms with van der Waals surface area (Å²) in [5.41, 5.74) is 12.1. The number of benzene rings is 1. The molecule has 1 unspecified atom stereocenters. The largest absolute Gasteiger partial charge is 0.396 e. The number of primary amides is 1. The van der Waals surface area contributed by atoms with Gasteiger partial charge in [0.25, 0.3) is 5.91 Å². The number of para-hydroxylation sites is 1. The summed E-state index contributed by atoms with van der Waals surface area (Å²) in [6.45, 7) is 6.38. The molecule has 0 saturated carbocycles. The second kappa shape index (κ2) is 6.79. The summed E-state index contributed by atoms with van der Waals surface area (Å²) in [7, 11) is 0. The number of nitrogen functional groups attached to an aromatic ring is 1. The van der Waals surface area contributed by atoms with E-state index in [4.69, 9.17) is 11.5 Å². The lowest BCUT2D eigenvalue weighted by Gasteiger charge is -2.18. The van der Waals surface area contributed by atoms with Gasteiger partial charge in [-0.05, 0) is 25.0 Å². The SMILES string of the molecule is CC(C)CNC(=O)C(C)Nc1cccc(C(N)=O)c1N. The maximum atomic E-state index is 11.9. The van der Waals surface area contributed by atoms with E-state index in [-0.39, 0.29) is 17.2 Å². The molecule has 20 heavy (non-hydrogen) atoms. The fourth-order valence-corrected chi connectivity index (χ4v) is 1.66. The van der Waals surface area contributed by atoms with Gasteiger partial charge in [-0.15, -0.1) is 0 Å². The van der Waals surface area contributed by atoms with E-state index < -0.39 is 11.9 Å². The molecule has 0 fully saturated rings. The molecular weight excluding hydrogens is 256 g/mol. The van der Waals surface area contributed by atoms with Gasteiger partial charge in [0, 0.05) is 6.54 Å². The maximum absolute atomic E-state index is 11.9. The summed E-state index contributed by atoms with van der Waals surface area (Å²) in [6, 6.07) is 4.46. The lowest BCUT2D eigenvalue weighted by atomic mass is 10.1. The third kappa shape index (κ3) is 4.15. The van der Waals surface area contributed by atoms with Crippen LogP contribution >= 0.6 is 0 Å². The van der Waals surface area contributed by atoms with Gasteiger partial charge in [0.15, 0.2) is 0 Å². The summed E-state index contributed by atoms with van der Waals surface area (Å²) >= 11 is 0. The van der Waals surface area contributed by atoms with Crippen LogP contribution in [0.4, 0.5) is 11.4 Å². The van der Waals surface area contributed by atoms with Crippen LogP contribution in [0.1, 0.15) is 31.1 Å². The first-order valence-electron chi connectivity index (χ1n) is 6.55. The molecule has 0 aliphatic heterocycles. The highest BCUT2D eigenvalue weighted by atomic mass is 16.2. The van der Waals surface area contributed by atoms with E-state index >= 15 is 0 Å². The Labute approximate surface area is 118 Å². The number of amides is 2. The normalized spacial score (nSPS) is 12.0. The van der Waals surface area contributed by atoms with Gasteiger partial charge in [0.1, 0.15) is 6.04 Å². The van der Waals surface area contributed by atoms with Gasteiger partial charge in [-0.25, -0.2) is 0 Å². The molecule has 0 aliphatic rings. The van der Waals surface area contributed by atoms with Crippen molar-refractivity contribution in [1.29, 1.82) is 0 Å². The molecule has 1 aromatic rings. The van der Waals surface area contributed by atoms with Crippen LogP contribution < -0.4 is 22.1 Å². The molecule has 6 heteroatoms. The average molecular weight is 278 g/mol. The van der Waals surface area contributed by atoms with E-state index in [1.807, 2.05) is 13.8 Å². The van der Waals surface area contributed by atoms with Crippen molar-refractivity contribution in [2.45, 2.75) is 26.8 Å². The Morgan fingerprint density at radius 2 is 1.90 bits per heavy atom. The zero-order valence-corrected chi connectivity index (χ0v) is 12.1. The number of anilines is 2. The quantitative estimate of drug-likeness (QED) is 0.580. The van der Waals surface area contributed by atoms with E-state index in [1.54, 1.807) is 25.1 Å². The monoisotopic (exact) mass is 278 g/mol. The molecule has 1 atom stereocenters. The van der Waals surface area contributed by atoms with Crippen LogP contribution in [0, 0.1) is 5.92 Å². The predicted molar refractivity (Wildman–Crippen MR) is 80.3 cm³/mol. The Balaban J connectivity index is 2.75. The highest BCUT2D eigenvalue weighted by Crippen LogP contribution is 2.23. The summed E-state index contributed by atoms with van der Waals surface area (Å²) in [6.07, 6.45) is 0. The molecule has 2 amide bonds. The molecule has 110 valence electrons. The fraction of sp³-hybridized carbons (Fsp3) is 0.429. The van der Waals surface area contributed by atoms with Gasteiger partial charge in [0.05, 0.1) is 16.9 Å². The lowest BCUT2D eigenvalue weighted by Crippen LogP contribution is -2.39. The molecule has 0 bridgehead atoms. The van der Waals surface area contributed by atoms with Crippen LogP contribution in [0.2, 0.25) is 0 Å². The zero-order chi connectivity index (χ0) is 15.3. The molecule has 0 spiro atoms. The van der Waals surface area contributed by atoms with E-state index in [0.717, 1.165) is 0 Å². The van der Waals surface area contributed by atoms with Crippen molar-refractivity contribution in [1.82, 2.24) is 5.32 Å². The summed E-state index contributed by atoms with van der Waals surface area (Å²) in [4.78, 5) is 23.1. The third-order valence-corrected chi connectivity index (χ3v) is 2.82. The number of hydrogen-bond donors (Lipinski definition) is 4. The van der Waals surface area contributed by atoms with Crippen molar-refractivity contribution in [3.8, 4) is 0 Å². The van der Waals surface area contributed by atoms with Crippen LogP contribution in [0.5, 0.6) is 0 Å². The Hall–Kier alpha value is -2.24. The molecule has 0 radical (unpaired) electrons. The molecule has 0 aromatic heterocycles. The summed E-state index contributed by atoms with van der Waals surface area (Å²) < 4.78 is 0.